The van der Waals surface area contributed by atoms with Crippen LogP contribution in [-0.4, -0.2) is 5.11 Å². The molecule has 1 aromatic carbocycles. The van der Waals surface area contributed by atoms with Gasteiger partial charge in [-0.1, -0.05) is 26.0 Å². The summed E-state index contributed by atoms with van der Waals surface area (Å²) in [6.45, 7) is 4.21. The quantitative estimate of drug-likeness (QED) is 0.878. The fourth-order valence-corrected chi connectivity index (χ4v) is 1.95. The average Bonchev–Trinajstić information content (AvgIpc) is 2.18. The lowest BCUT2D eigenvalue weighted by Crippen LogP contribution is -2.01. The highest BCUT2D eigenvalue weighted by atomic mass is 79.9. The predicted molar refractivity (Wildman–Crippen MR) is 63.1 cm³/mol. The van der Waals surface area contributed by atoms with Crippen LogP contribution in [0, 0.1) is 11.7 Å². The number of aliphatic hydroxyl groups excluding tert-OH is 1. The summed E-state index contributed by atoms with van der Waals surface area (Å²) < 4.78 is 13.6. The zero-order chi connectivity index (χ0) is 11.4. The Kier molecular flexibility index (Phi) is 4.74. The van der Waals surface area contributed by atoms with Crippen molar-refractivity contribution in [2.24, 2.45) is 5.92 Å². The molecule has 1 rings (SSSR count). The molecule has 0 saturated carbocycles. The molecule has 0 heterocycles. The van der Waals surface area contributed by atoms with Crippen LogP contribution in [-0.2, 0) is 0 Å². The lowest BCUT2D eigenvalue weighted by Gasteiger charge is -2.14. The number of aliphatic hydroxyl groups is 1. The maximum absolute atomic E-state index is 13.2. The van der Waals surface area contributed by atoms with Crippen LogP contribution in [0.25, 0.3) is 0 Å². The zero-order valence-electron chi connectivity index (χ0n) is 9.00. The van der Waals surface area contributed by atoms with Gasteiger partial charge in [0.15, 0.2) is 0 Å². The summed E-state index contributed by atoms with van der Waals surface area (Å²) in [5.41, 5.74) is 0.635. The standard InChI is InChI=1S/C12H16BrFO/c1-8(2)6-7-11(15)9-4-3-5-10(14)12(9)13/h3-5,8,11,15H,6-7H2,1-2H3. The van der Waals surface area contributed by atoms with Crippen molar-refractivity contribution in [2.75, 3.05) is 0 Å². The Balaban J connectivity index is 2.73. The van der Waals surface area contributed by atoms with E-state index in [1.54, 1.807) is 12.1 Å². The van der Waals surface area contributed by atoms with Crippen molar-refractivity contribution >= 4 is 15.9 Å². The number of hydrogen-bond acceptors (Lipinski definition) is 1. The Labute approximate surface area is 98.4 Å². The van der Waals surface area contributed by atoms with Crippen molar-refractivity contribution in [3.05, 3.63) is 34.1 Å². The van der Waals surface area contributed by atoms with Crippen LogP contribution in [0.3, 0.4) is 0 Å². The summed E-state index contributed by atoms with van der Waals surface area (Å²) in [6.07, 6.45) is 1.02. The van der Waals surface area contributed by atoms with Gasteiger partial charge in [0.05, 0.1) is 10.6 Å². The first kappa shape index (κ1) is 12.7. The summed E-state index contributed by atoms with van der Waals surface area (Å²) in [7, 11) is 0. The highest BCUT2D eigenvalue weighted by molar-refractivity contribution is 9.10. The molecular formula is C12H16BrFO. The molecule has 0 aliphatic heterocycles. The second-order valence-electron chi connectivity index (χ2n) is 4.13. The summed E-state index contributed by atoms with van der Waals surface area (Å²) in [5, 5.41) is 9.88. The van der Waals surface area contributed by atoms with E-state index < -0.39 is 6.10 Å². The maximum atomic E-state index is 13.2. The summed E-state index contributed by atoms with van der Waals surface area (Å²) in [5.74, 6) is 0.225. The average molecular weight is 275 g/mol. The van der Waals surface area contributed by atoms with E-state index in [1.165, 1.54) is 6.07 Å². The van der Waals surface area contributed by atoms with Crippen molar-refractivity contribution in [1.29, 1.82) is 0 Å². The predicted octanol–water partition coefficient (Wildman–Crippen LogP) is 4.06. The molecule has 0 saturated heterocycles. The molecule has 1 N–H and O–H groups in total. The van der Waals surface area contributed by atoms with E-state index in [0.717, 1.165) is 6.42 Å². The molecule has 0 radical (unpaired) electrons. The third-order valence-corrected chi connectivity index (χ3v) is 3.19. The summed E-state index contributed by atoms with van der Waals surface area (Å²) in [4.78, 5) is 0. The zero-order valence-corrected chi connectivity index (χ0v) is 10.6. The second kappa shape index (κ2) is 5.61. The van der Waals surface area contributed by atoms with Crippen LogP contribution in [0.15, 0.2) is 22.7 Å². The van der Waals surface area contributed by atoms with Crippen molar-refractivity contribution in [3.63, 3.8) is 0 Å². The topological polar surface area (TPSA) is 20.2 Å². The second-order valence-corrected chi connectivity index (χ2v) is 4.92. The van der Waals surface area contributed by atoms with Crippen molar-refractivity contribution in [3.8, 4) is 0 Å². The van der Waals surface area contributed by atoms with E-state index in [-0.39, 0.29) is 5.82 Å². The highest BCUT2D eigenvalue weighted by Crippen LogP contribution is 2.29. The smallest absolute Gasteiger partial charge is 0.137 e. The van der Waals surface area contributed by atoms with Crippen molar-refractivity contribution < 1.29 is 9.50 Å². The molecule has 0 aliphatic carbocycles. The molecule has 0 amide bonds. The SMILES string of the molecule is CC(C)CCC(O)c1cccc(F)c1Br. The molecule has 0 aromatic heterocycles. The molecule has 1 aromatic rings. The Morgan fingerprint density at radius 3 is 2.60 bits per heavy atom. The van der Waals surface area contributed by atoms with Gasteiger partial charge in [-0.25, -0.2) is 4.39 Å². The molecule has 15 heavy (non-hydrogen) atoms. The normalized spacial score (nSPS) is 13.2. The minimum atomic E-state index is -0.586. The first-order chi connectivity index (χ1) is 7.02. The van der Waals surface area contributed by atoms with E-state index in [0.29, 0.717) is 22.4 Å². The fourth-order valence-electron chi connectivity index (χ4n) is 1.42. The van der Waals surface area contributed by atoms with Gasteiger partial charge >= 0.3 is 0 Å². The minimum absolute atomic E-state index is 0.323. The Morgan fingerprint density at radius 1 is 1.33 bits per heavy atom. The van der Waals surface area contributed by atoms with E-state index in [2.05, 4.69) is 29.8 Å². The monoisotopic (exact) mass is 274 g/mol. The number of rotatable bonds is 4. The van der Waals surface area contributed by atoms with Crippen LogP contribution in [0.4, 0.5) is 4.39 Å². The van der Waals surface area contributed by atoms with Gasteiger partial charge in [0.25, 0.3) is 0 Å². The Hall–Kier alpha value is -0.410. The van der Waals surface area contributed by atoms with Crippen molar-refractivity contribution in [1.82, 2.24) is 0 Å². The van der Waals surface area contributed by atoms with Crippen LogP contribution >= 0.6 is 15.9 Å². The molecule has 0 spiro atoms. The molecule has 1 atom stereocenters. The third kappa shape index (κ3) is 3.58. The lowest BCUT2D eigenvalue weighted by atomic mass is 10.00. The van der Waals surface area contributed by atoms with Gasteiger partial charge in [-0.05, 0) is 46.3 Å². The Morgan fingerprint density at radius 2 is 2.00 bits per heavy atom. The van der Waals surface area contributed by atoms with E-state index in [9.17, 15) is 9.50 Å². The van der Waals surface area contributed by atoms with Gasteiger partial charge in [-0.15, -0.1) is 0 Å². The van der Waals surface area contributed by atoms with E-state index in [4.69, 9.17) is 0 Å². The van der Waals surface area contributed by atoms with Crippen LogP contribution < -0.4 is 0 Å². The minimum Gasteiger partial charge on any atom is -0.388 e. The van der Waals surface area contributed by atoms with Gasteiger partial charge in [-0.3, -0.25) is 0 Å². The molecule has 1 unspecified atom stereocenters. The number of benzene rings is 1. The fraction of sp³-hybridized carbons (Fsp3) is 0.500. The van der Waals surface area contributed by atoms with Crippen LogP contribution in [0.1, 0.15) is 38.4 Å². The maximum Gasteiger partial charge on any atom is 0.137 e. The van der Waals surface area contributed by atoms with Gasteiger partial charge in [0.2, 0.25) is 0 Å². The van der Waals surface area contributed by atoms with Gasteiger partial charge < -0.3 is 5.11 Å². The largest absolute Gasteiger partial charge is 0.388 e. The molecule has 3 heteroatoms. The van der Waals surface area contributed by atoms with Crippen LogP contribution in [0.2, 0.25) is 0 Å². The van der Waals surface area contributed by atoms with Crippen LogP contribution in [0.5, 0.6) is 0 Å². The van der Waals surface area contributed by atoms with E-state index in [1.807, 2.05) is 0 Å². The third-order valence-electron chi connectivity index (χ3n) is 2.36. The van der Waals surface area contributed by atoms with Gasteiger partial charge in [-0.2, -0.15) is 0 Å². The van der Waals surface area contributed by atoms with Gasteiger partial charge in [0.1, 0.15) is 5.82 Å². The highest BCUT2D eigenvalue weighted by Gasteiger charge is 2.13. The number of hydrogen-bond donors (Lipinski definition) is 1. The summed E-state index contributed by atoms with van der Waals surface area (Å²) in [6, 6.07) is 4.74. The molecular weight excluding hydrogens is 259 g/mol. The van der Waals surface area contributed by atoms with Crippen molar-refractivity contribution in [2.45, 2.75) is 32.8 Å². The molecule has 0 bridgehead atoms. The Bertz CT molecular complexity index is 325. The lowest BCUT2D eigenvalue weighted by molar-refractivity contribution is 0.158. The molecule has 0 aliphatic rings. The molecule has 84 valence electrons. The molecule has 0 fully saturated rings. The molecule has 1 nitrogen and oxygen atoms in total. The first-order valence-corrected chi connectivity index (χ1v) is 5.93. The van der Waals surface area contributed by atoms with E-state index >= 15 is 0 Å². The van der Waals surface area contributed by atoms with Gasteiger partial charge in [0, 0.05) is 0 Å². The first-order valence-electron chi connectivity index (χ1n) is 5.14. The summed E-state index contributed by atoms with van der Waals surface area (Å²) >= 11 is 3.15. The number of halogens is 2.